The molecule has 0 bridgehead atoms. The van der Waals surface area contributed by atoms with Gasteiger partial charge < -0.3 is 0 Å². The largest absolute Gasteiger partial charge is 0.359 e. The van der Waals surface area contributed by atoms with Crippen LogP contribution in [0.2, 0.25) is 0 Å². The summed E-state index contributed by atoms with van der Waals surface area (Å²) in [6.45, 7) is 1.83. The predicted octanol–water partition coefficient (Wildman–Crippen LogP) is 1.12. The van der Waals surface area contributed by atoms with Gasteiger partial charge in [-0.3, -0.25) is 4.55 Å². The fraction of sp³-hybridized carbons (Fsp3) is 0.250. The van der Waals surface area contributed by atoms with Crippen LogP contribution < -0.4 is 4.31 Å². The molecule has 1 N–H and O–H groups in total. The Morgan fingerprint density at radius 3 is 2.69 bits per heavy atom. The normalized spacial score (nSPS) is 11.2. The van der Waals surface area contributed by atoms with Gasteiger partial charge in [-0.05, 0) is 25.1 Å². The van der Waals surface area contributed by atoms with Crippen molar-refractivity contribution >= 4 is 16.0 Å². The molecule has 1 radical (unpaired) electrons. The lowest BCUT2D eigenvalue weighted by Crippen LogP contribution is -2.29. The molecule has 5 heteroatoms. The summed E-state index contributed by atoms with van der Waals surface area (Å²) in [6, 6.07) is 9.13. The monoisotopic (exact) mass is 200 g/mol. The van der Waals surface area contributed by atoms with Crippen LogP contribution in [-0.4, -0.2) is 19.5 Å². The van der Waals surface area contributed by atoms with Gasteiger partial charge in [-0.2, -0.15) is 8.42 Å². The van der Waals surface area contributed by atoms with Gasteiger partial charge in [0.1, 0.15) is 0 Å². The highest BCUT2D eigenvalue weighted by atomic mass is 32.2. The van der Waals surface area contributed by atoms with Crippen molar-refractivity contribution in [2.24, 2.45) is 0 Å². The molecule has 0 unspecified atom stereocenters. The number of anilines is 1. The minimum absolute atomic E-state index is 0.191. The van der Waals surface area contributed by atoms with E-state index in [0.717, 1.165) is 4.31 Å². The maximum Gasteiger partial charge on any atom is 0.359 e. The van der Waals surface area contributed by atoms with E-state index in [1.54, 1.807) is 25.1 Å². The van der Waals surface area contributed by atoms with Crippen molar-refractivity contribution in [1.82, 2.24) is 0 Å². The van der Waals surface area contributed by atoms with E-state index >= 15 is 0 Å². The fourth-order valence-electron chi connectivity index (χ4n) is 1.02. The quantitative estimate of drug-likeness (QED) is 0.744. The van der Waals surface area contributed by atoms with Gasteiger partial charge >= 0.3 is 10.3 Å². The second kappa shape index (κ2) is 3.76. The SMILES string of the molecule is CCN(c1c[c]ccc1)S(=O)(=O)O. The predicted molar refractivity (Wildman–Crippen MR) is 49.8 cm³/mol. The number of nitrogens with zero attached hydrogens (tertiary/aromatic N) is 1. The van der Waals surface area contributed by atoms with E-state index in [1.807, 2.05) is 0 Å². The molecule has 4 nitrogen and oxygen atoms in total. The Morgan fingerprint density at radius 1 is 1.62 bits per heavy atom. The molecule has 0 aromatic heterocycles. The Hall–Kier alpha value is -1.07. The van der Waals surface area contributed by atoms with Gasteiger partial charge in [-0.15, -0.1) is 0 Å². The van der Waals surface area contributed by atoms with Crippen molar-refractivity contribution in [1.29, 1.82) is 0 Å². The van der Waals surface area contributed by atoms with Crippen LogP contribution in [0.4, 0.5) is 5.69 Å². The van der Waals surface area contributed by atoms with Crippen LogP contribution in [0.25, 0.3) is 0 Å². The summed E-state index contributed by atoms with van der Waals surface area (Å²) in [5, 5.41) is 0. The highest BCUT2D eigenvalue weighted by Gasteiger charge is 2.16. The van der Waals surface area contributed by atoms with Crippen molar-refractivity contribution in [2.75, 3.05) is 10.8 Å². The van der Waals surface area contributed by atoms with Gasteiger partial charge in [-0.1, -0.05) is 12.1 Å². The number of rotatable bonds is 3. The second-order valence-corrected chi connectivity index (χ2v) is 3.74. The van der Waals surface area contributed by atoms with Crippen LogP contribution in [0, 0.1) is 6.07 Å². The molecule has 13 heavy (non-hydrogen) atoms. The molecule has 0 spiro atoms. The molecule has 1 rings (SSSR count). The summed E-state index contributed by atoms with van der Waals surface area (Å²) in [7, 11) is -4.15. The van der Waals surface area contributed by atoms with E-state index in [-0.39, 0.29) is 6.54 Å². The Labute approximate surface area is 77.7 Å². The number of hydrogen-bond donors (Lipinski definition) is 1. The Bertz CT molecular complexity index is 360. The molecule has 0 amide bonds. The first-order valence-corrected chi connectivity index (χ1v) is 5.16. The van der Waals surface area contributed by atoms with Gasteiger partial charge in [-0.25, -0.2) is 4.31 Å². The summed E-state index contributed by atoms with van der Waals surface area (Å²) in [5.74, 6) is 0. The lowest BCUT2D eigenvalue weighted by Gasteiger charge is -2.17. The maximum atomic E-state index is 10.8. The van der Waals surface area contributed by atoms with Gasteiger partial charge in [0.05, 0.1) is 5.69 Å². The van der Waals surface area contributed by atoms with Crippen LogP contribution in [-0.2, 0) is 10.3 Å². The Balaban J connectivity index is 3.06. The maximum absolute atomic E-state index is 10.8. The van der Waals surface area contributed by atoms with Crippen LogP contribution >= 0.6 is 0 Å². The van der Waals surface area contributed by atoms with Crippen molar-refractivity contribution in [3.63, 3.8) is 0 Å². The first-order chi connectivity index (χ1) is 6.05. The van der Waals surface area contributed by atoms with Crippen LogP contribution in [0.15, 0.2) is 24.3 Å². The van der Waals surface area contributed by atoms with E-state index < -0.39 is 10.3 Å². The third-order valence-electron chi connectivity index (χ3n) is 1.54. The lowest BCUT2D eigenvalue weighted by atomic mass is 10.3. The average Bonchev–Trinajstić information content (AvgIpc) is 2.05. The van der Waals surface area contributed by atoms with Crippen molar-refractivity contribution in [2.45, 2.75) is 6.92 Å². The van der Waals surface area contributed by atoms with E-state index in [0.29, 0.717) is 5.69 Å². The highest BCUT2D eigenvalue weighted by molar-refractivity contribution is 7.87. The van der Waals surface area contributed by atoms with E-state index in [1.165, 1.54) is 6.07 Å². The molecular weight excluding hydrogens is 190 g/mol. The summed E-state index contributed by atoms with van der Waals surface area (Å²) in [4.78, 5) is 0. The van der Waals surface area contributed by atoms with E-state index in [9.17, 15) is 8.42 Å². The minimum atomic E-state index is -4.15. The van der Waals surface area contributed by atoms with Gasteiger partial charge in [0.25, 0.3) is 0 Å². The minimum Gasteiger partial charge on any atom is -0.269 e. The molecule has 71 valence electrons. The summed E-state index contributed by atoms with van der Waals surface area (Å²) in [6.07, 6.45) is 0. The van der Waals surface area contributed by atoms with E-state index in [2.05, 4.69) is 6.07 Å². The molecule has 1 aromatic carbocycles. The zero-order valence-corrected chi connectivity index (χ0v) is 7.95. The van der Waals surface area contributed by atoms with Gasteiger partial charge in [0.15, 0.2) is 0 Å². The van der Waals surface area contributed by atoms with Crippen molar-refractivity contribution < 1.29 is 13.0 Å². The van der Waals surface area contributed by atoms with Gasteiger partial charge in [0.2, 0.25) is 0 Å². The third-order valence-corrected chi connectivity index (χ3v) is 2.57. The molecular formula is C8H10NO3S. The first kappa shape index (κ1) is 10.0. The summed E-state index contributed by atoms with van der Waals surface area (Å²) < 4.78 is 31.4. The average molecular weight is 200 g/mol. The molecule has 0 aliphatic carbocycles. The van der Waals surface area contributed by atoms with Crippen LogP contribution in [0.3, 0.4) is 0 Å². The van der Waals surface area contributed by atoms with E-state index in [4.69, 9.17) is 4.55 Å². The Morgan fingerprint density at radius 2 is 2.31 bits per heavy atom. The molecule has 1 aromatic rings. The fourth-order valence-corrected chi connectivity index (χ4v) is 1.72. The zero-order chi connectivity index (χ0) is 9.90. The molecule has 0 atom stereocenters. The zero-order valence-electron chi connectivity index (χ0n) is 7.14. The molecule has 0 heterocycles. The molecule has 0 fully saturated rings. The van der Waals surface area contributed by atoms with Crippen molar-refractivity contribution in [3.05, 3.63) is 30.3 Å². The third kappa shape index (κ3) is 2.43. The lowest BCUT2D eigenvalue weighted by molar-refractivity contribution is 0.479. The van der Waals surface area contributed by atoms with Crippen LogP contribution in [0.5, 0.6) is 0 Å². The smallest absolute Gasteiger partial charge is 0.269 e. The highest BCUT2D eigenvalue weighted by Crippen LogP contribution is 2.14. The van der Waals surface area contributed by atoms with Crippen molar-refractivity contribution in [3.8, 4) is 0 Å². The summed E-state index contributed by atoms with van der Waals surface area (Å²) >= 11 is 0. The van der Waals surface area contributed by atoms with Crippen LogP contribution in [0.1, 0.15) is 6.92 Å². The molecule has 0 saturated heterocycles. The first-order valence-electron chi connectivity index (χ1n) is 3.77. The number of benzene rings is 1. The molecule has 0 aliphatic heterocycles. The topological polar surface area (TPSA) is 57.6 Å². The standard InChI is InChI=1S/C8H10NO3S/c1-2-9(13(10,11)12)8-6-4-3-5-7-8/h3-4,6-7H,2H2,1H3,(H,10,11,12). The molecule has 0 saturated carbocycles. The van der Waals surface area contributed by atoms with Gasteiger partial charge in [0, 0.05) is 6.54 Å². The Kier molecular flexibility index (Phi) is 2.90. The summed E-state index contributed by atoms with van der Waals surface area (Å²) in [5.41, 5.74) is 0.410. The number of hydrogen-bond acceptors (Lipinski definition) is 2. The molecule has 0 aliphatic rings. The second-order valence-electron chi connectivity index (χ2n) is 2.40.